The zero-order valence-electron chi connectivity index (χ0n) is 11.4. The van der Waals surface area contributed by atoms with Crippen LogP contribution in [0.2, 0.25) is 0 Å². The highest BCUT2D eigenvalue weighted by Crippen LogP contribution is 2.25. The van der Waals surface area contributed by atoms with Crippen LogP contribution in [0, 0.1) is 0 Å². The predicted octanol–water partition coefficient (Wildman–Crippen LogP) is 1.20. The van der Waals surface area contributed by atoms with Crippen LogP contribution in [0.1, 0.15) is 25.3 Å². The lowest BCUT2D eigenvalue weighted by molar-refractivity contribution is -0.00498. The summed E-state index contributed by atoms with van der Waals surface area (Å²) in [5.41, 5.74) is 1.03. The molecule has 1 fully saturated rings. The number of nitrogens with zero attached hydrogens (tertiary/aromatic N) is 3. The number of hydrogen-bond donors (Lipinski definition) is 1. The summed E-state index contributed by atoms with van der Waals surface area (Å²) in [5, 5.41) is 3.09. The highest BCUT2D eigenvalue weighted by Gasteiger charge is 2.31. The fraction of sp³-hybridized carbons (Fsp3) is 0.692. The number of nitrogens with one attached hydrogen (secondary N) is 1. The van der Waals surface area contributed by atoms with Gasteiger partial charge in [0.15, 0.2) is 0 Å². The van der Waals surface area contributed by atoms with E-state index in [0.29, 0.717) is 0 Å². The molecule has 5 heteroatoms. The Morgan fingerprint density at radius 1 is 1.44 bits per heavy atom. The fourth-order valence-electron chi connectivity index (χ4n) is 2.35. The molecule has 0 saturated carbocycles. The van der Waals surface area contributed by atoms with Crippen LogP contribution in [0.25, 0.3) is 0 Å². The van der Waals surface area contributed by atoms with Crippen molar-refractivity contribution in [3.05, 3.63) is 18.0 Å². The van der Waals surface area contributed by atoms with Crippen molar-refractivity contribution in [2.24, 2.45) is 0 Å². The molecule has 1 N–H and O–H groups in total. The fourth-order valence-corrected chi connectivity index (χ4v) is 2.35. The van der Waals surface area contributed by atoms with Crippen molar-refractivity contribution in [3.8, 4) is 0 Å². The molecular formula is C13H22N4O. The Morgan fingerprint density at radius 3 is 2.78 bits per heavy atom. The lowest BCUT2D eigenvalue weighted by atomic mass is 9.95. The zero-order valence-corrected chi connectivity index (χ0v) is 11.4. The number of methoxy groups -OCH3 is 1. The molecule has 2 rings (SSSR count). The van der Waals surface area contributed by atoms with E-state index in [1.54, 1.807) is 7.11 Å². The van der Waals surface area contributed by atoms with E-state index in [1.807, 2.05) is 19.4 Å². The zero-order chi connectivity index (χ0) is 13.0. The Morgan fingerprint density at radius 2 is 2.17 bits per heavy atom. The molecule has 2 heterocycles. The summed E-state index contributed by atoms with van der Waals surface area (Å²) in [6.45, 7) is 4.81. The molecule has 0 spiro atoms. The Hall–Kier alpha value is -1.20. The average Bonchev–Trinajstić information content (AvgIpc) is 2.40. The second-order valence-corrected chi connectivity index (χ2v) is 5.10. The van der Waals surface area contributed by atoms with Crippen molar-refractivity contribution >= 4 is 5.95 Å². The SMILES string of the molecule is CNCc1cnc(N2CCCC(C)(OC)C2)nc1. The molecule has 100 valence electrons. The molecule has 0 radical (unpaired) electrons. The normalized spacial score (nSPS) is 24.3. The van der Waals surface area contributed by atoms with Gasteiger partial charge in [0.25, 0.3) is 0 Å². The van der Waals surface area contributed by atoms with Crippen molar-refractivity contribution < 1.29 is 4.74 Å². The van der Waals surface area contributed by atoms with Crippen LogP contribution in [0.15, 0.2) is 12.4 Å². The van der Waals surface area contributed by atoms with Gasteiger partial charge in [0.1, 0.15) is 0 Å². The van der Waals surface area contributed by atoms with E-state index in [9.17, 15) is 0 Å². The Labute approximate surface area is 109 Å². The molecule has 1 saturated heterocycles. The van der Waals surface area contributed by atoms with E-state index >= 15 is 0 Å². The summed E-state index contributed by atoms with van der Waals surface area (Å²) in [6.07, 6.45) is 5.99. The highest BCUT2D eigenvalue weighted by atomic mass is 16.5. The van der Waals surface area contributed by atoms with Gasteiger partial charge in [0, 0.05) is 44.7 Å². The molecule has 1 aromatic heterocycles. The van der Waals surface area contributed by atoms with Gasteiger partial charge in [0.2, 0.25) is 5.95 Å². The smallest absolute Gasteiger partial charge is 0.225 e. The van der Waals surface area contributed by atoms with E-state index in [0.717, 1.165) is 44.0 Å². The van der Waals surface area contributed by atoms with Gasteiger partial charge in [-0.3, -0.25) is 0 Å². The van der Waals surface area contributed by atoms with Crippen molar-refractivity contribution in [3.63, 3.8) is 0 Å². The predicted molar refractivity (Wildman–Crippen MR) is 71.7 cm³/mol. The van der Waals surface area contributed by atoms with Crippen LogP contribution in [0.3, 0.4) is 0 Å². The average molecular weight is 250 g/mol. The summed E-state index contributed by atoms with van der Waals surface area (Å²) in [5.74, 6) is 0.804. The lowest BCUT2D eigenvalue weighted by Gasteiger charge is -2.39. The van der Waals surface area contributed by atoms with E-state index in [2.05, 4.69) is 27.1 Å². The summed E-state index contributed by atoms with van der Waals surface area (Å²) in [6, 6.07) is 0. The number of rotatable bonds is 4. The van der Waals surface area contributed by atoms with Gasteiger partial charge in [0.05, 0.1) is 5.60 Å². The van der Waals surface area contributed by atoms with E-state index < -0.39 is 0 Å². The molecule has 1 aliphatic rings. The molecule has 18 heavy (non-hydrogen) atoms. The molecule has 0 aromatic carbocycles. The lowest BCUT2D eigenvalue weighted by Crippen LogP contribution is -2.48. The number of hydrogen-bond acceptors (Lipinski definition) is 5. The van der Waals surface area contributed by atoms with Crippen molar-refractivity contribution in [1.29, 1.82) is 0 Å². The maximum Gasteiger partial charge on any atom is 0.225 e. The molecule has 5 nitrogen and oxygen atoms in total. The van der Waals surface area contributed by atoms with E-state index in [1.165, 1.54) is 0 Å². The third kappa shape index (κ3) is 2.97. The first-order valence-corrected chi connectivity index (χ1v) is 6.42. The summed E-state index contributed by atoms with van der Waals surface area (Å²) in [4.78, 5) is 11.1. The molecule has 0 bridgehead atoms. The van der Waals surface area contributed by atoms with Gasteiger partial charge < -0.3 is 15.0 Å². The maximum atomic E-state index is 5.59. The molecule has 0 amide bonds. The van der Waals surface area contributed by atoms with Crippen molar-refractivity contribution in [1.82, 2.24) is 15.3 Å². The number of piperidine rings is 1. The van der Waals surface area contributed by atoms with Gasteiger partial charge in [-0.15, -0.1) is 0 Å². The first-order valence-electron chi connectivity index (χ1n) is 6.42. The molecule has 1 atom stereocenters. The summed E-state index contributed by atoms with van der Waals surface area (Å²) in [7, 11) is 3.70. The topological polar surface area (TPSA) is 50.3 Å². The minimum Gasteiger partial charge on any atom is -0.377 e. The monoisotopic (exact) mass is 250 g/mol. The maximum absolute atomic E-state index is 5.59. The van der Waals surface area contributed by atoms with Crippen LogP contribution in [-0.4, -0.2) is 42.8 Å². The minimum absolute atomic E-state index is 0.0781. The third-order valence-electron chi connectivity index (χ3n) is 3.51. The Bertz CT molecular complexity index is 381. The number of ether oxygens (including phenoxy) is 1. The van der Waals surface area contributed by atoms with Gasteiger partial charge in [-0.1, -0.05) is 0 Å². The number of anilines is 1. The Kier molecular flexibility index (Phi) is 4.14. The van der Waals surface area contributed by atoms with Crippen LogP contribution in [0.4, 0.5) is 5.95 Å². The number of aromatic nitrogens is 2. The van der Waals surface area contributed by atoms with Crippen LogP contribution < -0.4 is 10.2 Å². The molecule has 1 aliphatic heterocycles. The van der Waals surface area contributed by atoms with Crippen LogP contribution >= 0.6 is 0 Å². The van der Waals surface area contributed by atoms with E-state index in [-0.39, 0.29) is 5.60 Å². The molecular weight excluding hydrogens is 228 g/mol. The molecule has 1 aromatic rings. The largest absolute Gasteiger partial charge is 0.377 e. The second-order valence-electron chi connectivity index (χ2n) is 5.10. The summed E-state index contributed by atoms with van der Waals surface area (Å²) < 4.78 is 5.59. The third-order valence-corrected chi connectivity index (χ3v) is 3.51. The van der Waals surface area contributed by atoms with Gasteiger partial charge in [-0.05, 0) is 26.8 Å². The van der Waals surface area contributed by atoms with Gasteiger partial charge in [-0.25, -0.2) is 9.97 Å². The standard InChI is InChI=1S/C13H22N4O/c1-13(18-3)5-4-6-17(10-13)12-15-8-11(7-14-2)9-16-12/h8-9,14H,4-7,10H2,1-3H3. The highest BCUT2D eigenvalue weighted by molar-refractivity contribution is 5.31. The van der Waals surface area contributed by atoms with Gasteiger partial charge >= 0.3 is 0 Å². The second kappa shape index (κ2) is 5.63. The molecule has 1 unspecified atom stereocenters. The quantitative estimate of drug-likeness (QED) is 0.870. The van der Waals surface area contributed by atoms with Gasteiger partial charge in [-0.2, -0.15) is 0 Å². The Balaban J connectivity index is 2.06. The van der Waals surface area contributed by atoms with E-state index in [4.69, 9.17) is 4.74 Å². The molecule has 0 aliphatic carbocycles. The minimum atomic E-state index is -0.0781. The van der Waals surface area contributed by atoms with Crippen LogP contribution in [-0.2, 0) is 11.3 Å². The summed E-state index contributed by atoms with van der Waals surface area (Å²) >= 11 is 0. The first kappa shape index (κ1) is 13.2. The van der Waals surface area contributed by atoms with Crippen LogP contribution in [0.5, 0.6) is 0 Å². The van der Waals surface area contributed by atoms with Crippen molar-refractivity contribution in [2.75, 3.05) is 32.1 Å². The van der Waals surface area contributed by atoms with Crippen molar-refractivity contribution in [2.45, 2.75) is 31.9 Å². The first-order chi connectivity index (χ1) is 8.67.